The number of sulfone groups is 2. The second kappa shape index (κ2) is 8.75. The molecule has 0 unspecified atom stereocenters. The van der Waals surface area contributed by atoms with Gasteiger partial charge in [-0.1, -0.05) is 42.5 Å². The smallest absolute Gasteiger partial charge is 0.323 e. The second-order valence-electron chi connectivity index (χ2n) is 7.73. The van der Waals surface area contributed by atoms with E-state index in [0.29, 0.717) is 0 Å². The van der Waals surface area contributed by atoms with Gasteiger partial charge in [-0.15, -0.1) is 6.58 Å². The lowest BCUT2D eigenvalue weighted by molar-refractivity contribution is -0.168. The molecule has 1 atom stereocenters. The highest BCUT2D eigenvalue weighted by Crippen LogP contribution is 2.59. The van der Waals surface area contributed by atoms with Gasteiger partial charge in [-0.25, -0.2) is 16.8 Å². The molecule has 176 valence electrons. The first kappa shape index (κ1) is 24.7. The summed E-state index contributed by atoms with van der Waals surface area (Å²) in [6.07, 6.45) is -0.187. The molecule has 0 radical (unpaired) electrons. The molecule has 0 heterocycles. The fraction of sp³-hybridized carbons (Fsp3) is 0.304. The summed E-state index contributed by atoms with van der Waals surface area (Å²) in [7, 11) is -7.32. The van der Waals surface area contributed by atoms with Gasteiger partial charge in [0.25, 0.3) is 0 Å². The van der Waals surface area contributed by atoms with Gasteiger partial charge in [-0.05, 0) is 30.7 Å². The molecule has 1 aliphatic rings. The van der Waals surface area contributed by atoms with Crippen LogP contribution < -0.4 is 0 Å². The molecular formula is C23H24O8S2. The van der Waals surface area contributed by atoms with Crippen LogP contribution in [0.5, 0.6) is 0 Å². The highest BCUT2D eigenvalue weighted by atomic mass is 32.3. The van der Waals surface area contributed by atoms with Crippen molar-refractivity contribution < 1.29 is 35.9 Å². The number of benzene rings is 2. The Morgan fingerprint density at radius 1 is 0.848 bits per heavy atom. The number of carbonyl (C=O) groups excluding carboxylic acids is 2. The zero-order chi connectivity index (χ0) is 24.5. The van der Waals surface area contributed by atoms with Crippen LogP contribution in [0.2, 0.25) is 0 Å². The maximum atomic E-state index is 14.1. The van der Waals surface area contributed by atoms with Gasteiger partial charge in [0.05, 0.1) is 24.0 Å². The van der Waals surface area contributed by atoms with Gasteiger partial charge in [-0.3, -0.25) is 9.59 Å². The van der Waals surface area contributed by atoms with Crippen LogP contribution in [0.15, 0.2) is 83.1 Å². The average molecular weight is 493 g/mol. The first-order valence-electron chi connectivity index (χ1n) is 9.94. The number of allylic oxidation sites excluding steroid dienone is 1. The monoisotopic (exact) mass is 492 g/mol. The molecule has 8 nitrogen and oxygen atoms in total. The van der Waals surface area contributed by atoms with E-state index in [4.69, 9.17) is 9.47 Å². The Bertz CT molecular complexity index is 1180. The largest absolute Gasteiger partial charge is 0.468 e. The fourth-order valence-electron chi connectivity index (χ4n) is 4.53. The van der Waals surface area contributed by atoms with E-state index in [2.05, 4.69) is 6.58 Å². The quantitative estimate of drug-likeness (QED) is 0.328. The Labute approximate surface area is 193 Å². The third-order valence-electron chi connectivity index (χ3n) is 6.14. The number of esters is 2. The van der Waals surface area contributed by atoms with Gasteiger partial charge in [-0.2, -0.15) is 0 Å². The van der Waals surface area contributed by atoms with Crippen LogP contribution in [0, 0.1) is 11.3 Å². The average Bonchev–Trinajstić information content (AvgIpc) is 3.23. The summed E-state index contributed by atoms with van der Waals surface area (Å²) in [5, 5.41) is 0. The van der Waals surface area contributed by atoms with E-state index in [1.54, 1.807) is 12.1 Å². The minimum atomic E-state index is -4.70. The van der Waals surface area contributed by atoms with Crippen molar-refractivity contribution in [1.82, 2.24) is 0 Å². The second-order valence-corrected chi connectivity index (χ2v) is 12.4. The summed E-state index contributed by atoms with van der Waals surface area (Å²) in [5.74, 6) is -3.48. The lowest BCUT2D eigenvalue weighted by Gasteiger charge is -2.33. The number of hydrogen-bond acceptors (Lipinski definition) is 8. The van der Waals surface area contributed by atoms with E-state index < -0.39 is 59.9 Å². The van der Waals surface area contributed by atoms with E-state index in [0.717, 1.165) is 20.3 Å². The molecular weight excluding hydrogens is 468 g/mol. The number of hydrogen-bond donors (Lipinski definition) is 0. The zero-order valence-corrected chi connectivity index (χ0v) is 19.8. The first-order valence-corrected chi connectivity index (χ1v) is 12.9. The topological polar surface area (TPSA) is 121 Å². The van der Waals surface area contributed by atoms with Crippen LogP contribution in [-0.4, -0.2) is 47.1 Å². The minimum Gasteiger partial charge on any atom is -0.468 e. The molecule has 0 N–H and O–H groups in total. The number of carbonyl (C=O) groups is 2. The molecule has 2 aromatic rings. The highest BCUT2D eigenvalue weighted by Gasteiger charge is 2.73. The molecule has 0 aliphatic heterocycles. The molecule has 2 aromatic carbocycles. The Hall–Kier alpha value is -2.98. The van der Waals surface area contributed by atoms with E-state index >= 15 is 0 Å². The number of ether oxygens (including phenoxy) is 2. The highest BCUT2D eigenvalue weighted by molar-refractivity contribution is 8.10. The van der Waals surface area contributed by atoms with Gasteiger partial charge in [0.1, 0.15) is 0 Å². The van der Waals surface area contributed by atoms with Crippen LogP contribution in [0.1, 0.15) is 12.8 Å². The van der Waals surface area contributed by atoms with Crippen molar-refractivity contribution in [2.24, 2.45) is 11.3 Å². The fourth-order valence-corrected chi connectivity index (χ4v) is 10.1. The summed E-state index contributed by atoms with van der Waals surface area (Å²) in [5.41, 5.74) is -2.16. The van der Waals surface area contributed by atoms with Crippen molar-refractivity contribution in [3.63, 3.8) is 0 Å². The molecule has 0 bridgehead atoms. The van der Waals surface area contributed by atoms with Gasteiger partial charge in [0, 0.05) is 12.3 Å². The SMILES string of the molecule is C=C[C@@H]1CC(C(=O)OC)(C(=O)OC)CC1(S(=O)(=O)c1ccccc1)S(=O)(=O)c1ccccc1. The Balaban J connectivity index is 2.45. The maximum absolute atomic E-state index is 14.1. The van der Waals surface area contributed by atoms with Crippen LogP contribution in [0.3, 0.4) is 0 Å². The van der Waals surface area contributed by atoms with Gasteiger partial charge < -0.3 is 9.47 Å². The van der Waals surface area contributed by atoms with Crippen LogP contribution in [0.4, 0.5) is 0 Å². The predicted octanol–water partition coefficient (Wildman–Crippen LogP) is 2.56. The Morgan fingerprint density at radius 3 is 1.58 bits per heavy atom. The van der Waals surface area contributed by atoms with Crippen LogP contribution in [-0.2, 0) is 38.7 Å². The lowest BCUT2D eigenvalue weighted by Crippen LogP contribution is -2.50. The molecule has 0 spiro atoms. The summed E-state index contributed by atoms with van der Waals surface area (Å²) in [6.45, 7) is 3.66. The molecule has 0 amide bonds. The van der Waals surface area contributed by atoms with Crippen molar-refractivity contribution in [3.8, 4) is 0 Å². The maximum Gasteiger partial charge on any atom is 0.323 e. The molecule has 1 saturated carbocycles. The van der Waals surface area contributed by atoms with Crippen molar-refractivity contribution in [1.29, 1.82) is 0 Å². The van der Waals surface area contributed by atoms with E-state index in [-0.39, 0.29) is 9.79 Å². The van der Waals surface area contributed by atoms with Crippen molar-refractivity contribution in [3.05, 3.63) is 73.3 Å². The first-order chi connectivity index (χ1) is 15.5. The van der Waals surface area contributed by atoms with Crippen molar-refractivity contribution in [2.45, 2.75) is 26.7 Å². The summed E-state index contributed by atoms with van der Waals surface area (Å²) in [6, 6.07) is 14.1. The summed E-state index contributed by atoms with van der Waals surface area (Å²) >= 11 is 0. The van der Waals surface area contributed by atoms with Crippen molar-refractivity contribution in [2.75, 3.05) is 14.2 Å². The summed E-state index contributed by atoms with van der Waals surface area (Å²) < 4.78 is 63.5. The van der Waals surface area contributed by atoms with Gasteiger partial charge in [0.15, 0.2) is 29.2 Å². The molecule has 3 rings (SSSR count). The Kier molecular flexibility index (Phi) is 6.54. The standard InChI is InChI=1S/C23H24O8S2/c1-4-17-15-22(20(24)30-2,21(25)31-3)16-23(17,32(26,27)18-11-7-5-8-12-18)33(28,29)19-13-9-6-10-14-19/h4-14,17H,1,15-16H2,2-3H3/t17-/m1/s1. The molecule has 1 fully saturated rings. The minimum absolute atomic E-state index is 0.262. The van der Waals surface area contributed by atoms with Gasteiger partial charge in [0.2, 0.25) is 0 Å². The molecule has 0 aromatic heterocycles. The van der Waals surface area contributed by atoms with E-state index in [1.807, 2.05) is 0 Å². The lowest BCUT2D eigenvalue weighted by atomic mass is 9.85. The van der Waals surface area contributed by atoms with E-state index in [1.165, 1.54) is 48.5 Å². The van der Waals surface area contributed by atoms with Gasteiger partial charge >= 0.3 is 11.9 Å². The molecule has 1 aliphatic carbocycles. The molecule has 0 saturated heterocycles. The summed E-state index contributed by atoms with van der Waals surface area (Å²) in [4.78, 5) is 25.2. The number of rotatable bonds is 7. The third-order valence-corrected chi connectivity index (χ3v) is 12.0. The molecule has 10 heteroatoms. The zero-order valence-electron chi connectivity index (χ0n) is 18.1. The van der Waals surface area contributed by atoms with Crippen LogP contribution >= 0.6 is 0 Å². The van der Waals surface area contributed by atoms with Crippen molar-refractivity contribution >= 4 is 31.6 Å². The normalized spacial score (nSPS) is 19.4. The Morgan fingerprint density at radius 2 is 1.24 bits per heavy atom. The van der Waals surface area contributed by atoms with Crippen LogP contribution in [0.25, 0.3) is 0 Å². The third kappa shape index (κ3) is 3.48. The number of methoxy groups -OCH3 is 2. The predicted molar refractivity (Wildman–Crippen MR) is 119 cm³/mol. The van der Waals surface area contributed by atoms with E-state index in [9.17, 15) is 26.4 Å². The molecule has 33 heavy (non-hydrogen) atoms.